The maximum atomic E-state index is 12.3. The second-order valence-corrected chi connectivity index (χ2v) is 7.24. The molecule has 0 bridgehead atoms. The van der Waals surface area contributed by atoms with Crippen molar-refractivity contribution in [2.24, 2.45) is 7.05 Å². The molecule has 25 heavy (non-hydrogen) atoms. The lowest BCUT2D eigenvalue weighted by atomic mass is 10.2. The van der Waals surface area contributed by atoms with Crippen molar-refractivity contribution in [3.8, 4) is 0 Å². The normalized spacial score (nSPS) is 14.4. The van der Waals surface area contributed by atoms with E-state index in [-0.39, 0.29) is 5.91 Å². The van der Waals surface area contributed by atoms with E-state index in [1.807, 2.05) is 42.3 Å². The summed E-state index contributed by atoms with van der Waals surface area (Å²) in [7, 11) is 2.04. The molecule has 3 heterocycles. The van der Waals surface area contributed by atoms with Crippen LogP contribution in [0.5, 0.6) is 0 Å². The molecule has 1 aliphatic rings. The summed E-state index contributed by atoms with van der Waals surface area (Å²) >= 11 is 1.64. The summed E-state index contributed by atoms with van der Waals surface area (Å²) in [6.07, 6.45) is 3.90. The molecule has 3 aromatic rings. The molecular formula is C19H20N4OS. The largest absolute Gasteiger partial charge is 0.339 e. The standard InChI is InChI=1S/C19H20N4OS/c1-22-16-7-3-2-6-15(16)21-17(22)13-25-18-9-8-14(12-20-18)19(24)23-10-4-5-11-23/h2-3,6-9,12H,4-5,10-11,13H2,1H3. The minimum absolute atomic E-state index is 0.0944. The summed E-state index contributed by atoms with van der Waals surface area (Å²) < 4.78 is 2.12. The highest BCUT2D eigenvalue weighted by Gasteiger charge is 2.19. The van der Waals surface area contributed by atoms with Gasteiger partial charge in [-0.05, 0) is 37.1 Å². The monoisotopic (exact) mass is 352 g/mol. The maximum absolute atomic E-state index is 12.3. The average molecular weight is 352 g/mol. The van der Waals surface area contributed by atoms with Crippen molar-refractivity contribution in [2.45, 2.75) is 23.6 Å². The fraction of sp³-hybridized carbons (Fsp3) is 0.316. The zero-order valence-electron chi connectivity index (χ0n) is 14.2. The van der Waals surface area contributed by atoms with Crippen LogP contribution in [-0.4, -0.2) is 38.4 Å². The summed E-state index contributed by atoms with van der Waals surface area (Å²) in [6.45, 7) is 1.73. The number of rotatable bonds is 4. The number of imidazole rings is 1. The number of pyridine rings is 1. The molecule has 0 atom stereocenters. The van der Waals surface area contributed by atoms with E-state index < -0.39 is 0 Å². The Kier molecular flexibility index (Phi) is 4.44. The highest BCUT2D eigenvalue weighted by molar-refractivity contribution is 7.98. The van der Waals surface area contributed by atoms with Gasteiger partial charge in [-0.2, -0.15) is 0 Å². The Balaban J connectivity index is 1.44. The first-order valence-corrected chi connectivity index (χ1v) is 9.49. The van der Waals surface area contributed by atoms with Crippen molar-refractivity contribution < 1.29 is 4.79 Å². The van der Waals surface area contributed by atoms with E-state index in [1.165, 1.54) is 0 Å². The van der Waals surface area contributed by atoms with E-state index in [0.717, 1.165) is 53.6 Å². The van der Waals surface area contributed by atoms with Gasteiger partial charge >= 0.3 is 0 Å². The van der Waals surface area contributed by atoms with Gasteiger partial charge in [0, 0.05) is 26.3 Å². The Hall–Kier alpha value is -2.34. The van der Waals surface area contributed by atoms with Gasteiger partial charge < -0.3 is 9.47 Å². The predicted octanol–water partition coefficient (Wildman–Crippen LogP) is 3.50. The summed E-state index contributed by atoms with van der Waals surface area (Å²) in [6, 6.07) is 11.9. The number of carbonyl (C=O) groups excluding carboxylic acids is 1. The van der Waals surface area contributed by atoms with Gasteiger partial charge in [-0.15, -0.1) is 0 Å². The van der Waals surface area contributed by atoms with Gasteiger partial charge in [0.05, 0.1) is 27.4 Å². The van der Waals surface area contributed by atoms with Crippen molar-refractivity contribution in [3.05, 3.63) is 54.0 Å². The summed E-state index contributed by atoms with van der Waals surface area (Å²) in [5, 5.41) is 0.907. The first kappa shape index (κ1) is 16.1. The number of fused-ring (bicyclic) bond motifs is 1. The number of amides is 1. The molecule has 1 fully saturated rings. The van der Waals surface area contributed by atoms with E-state index in [1.54, 1.807) is 18.0 Å². The summed E-state index contributed by atoms with van der Waals surface area (Å²) in [4.78, 5) is 23.4. The Morgan fingerprint density at radius 3 is 2.68 bits per heavy atom. The third-order valence-electron chi connectivity index (χ3n) is 4.61. The van der Waals surface area contributed by atoms with Crippen LogP contribution >= 0.6 is 11.8 Å². The number of hydrogen-bond acceptors (Lipinski definition) is 4. The van der Waals surface area contributed by atoms with Crippen molar-refractivity contribution in [1.82, 2.24) is 19.4 Å². The Bertz CT molecular complexity index is 897. The number of nitrogens with zero attached hydrogens (tertiary/aromatic N) is 4. The van der Waals surface area contributed by atoms with Crippen LogP contribution in [0.15, 0.2) is 47.6 Å². The molecular weight excluding hydrogens is 332 g/mol. The Labute approximate surface area is 151 Å². The van der Waals surface area contributed by atoms with Crippen molar-refractivity contribution >= 4 is 28.7 Å². The number of aryl methyl sites for hydroxylation is 1. The molecule has 1 amide bonds. The summed E-state index contributed by atoms with van der Waals surface area (Å²) in [5.41, 5.74) is 2.83. The first-order valence-electron chi connectivity index (χ1n) is 8.51. The van der Waals surface area contributed by atoms with Gasteiger partial charge in [-0.1, -0.05) is 23.9 Å². The predicted molar refractivity (Wildman–Crippen MR) is 99.6 cm³/mol. The molecule has 1 aromatic carbocycles. The zero-order chi connectivity index (χ0) is 17.2. The molecule has 1 saturated heterocycles. The molecule has 0 saturated carbocycles. The molecule has 4 rings (SSSR count). The van der Waals surface area contributed by atoms with Crippen LogP contribution in [0.4, 0.5) is 0 Å². The number of likely N-dealkylation sites (tertiary alicyclic amines) is 1. The smallest absolute Gasteiger partial charge is 0.255 e. The molecule has 5 nitrogen and oxygen atoms in total. The molecule has 0 N–H and O–H groups in total. The van der Waals surface area contributed by atoms with E-state index in [4.69, 9.17) is 0 Å². The number of aromatic nitrogens is 3. The molecule has 0 spiro atoms. The molecule has 128 valence electrons. The number of para-hydroxylation sites is 2. The molecule has 1 aliphatic heterocycles. The fourth-order valence-electron chi connectivity index (χ4n) is 3.16. The van der Waals surface area contributed by atoms with Crippen LogP contribution < -0.4 is 0 Å². The van der Waals surface area contributed by atoms with Crippen LogP contribution in [0.25, 0.3) is 11.0 Å². The molecule has 6 heteroatoms. The van der Waals surface area contributed by atoms with E-state index in [9.17, 15) is 4.79 Å². The molecule has 0 radical (unpaired) electrons. The van der Waals surface area contributed by atoms with Gasteiger partial charge in [0.15, 0.2) is 0 Å². The minimum atomic E-state index is 0.0944. The van der Waals surface area contributed by atoms with Crippen molar-refractivity contribution in [3.63, 3.8) is 0 Å². The van der Waals surface area contributed by atoms with E-state index in [2.05, 4.69) is 20.6 Å². The highest BCUT2D eigenvalue weighted by atomic mass is 32.2. The Morgan fingerprint density at radius 2 is 1.96 bits per heavy atom. The number of carbonyl (C=O) groups is 1. The molecule has 0 aliphatic carbocycles. The van der Waals surface area contributed by atoms with Gasteiger partial charge in [-0.3, -0.25) is 4.79 Å². The van der Waals surface area contributed by atoms with Gasteiger partial charge in [0.25, 0.3) is 5.91 Å². The van der Waals surface area contributed by atoms with Crippen LogP contribution in [0.1, 0.15) is 29.0 Å². The zero-order valence-corrected chi connectivity index (χ0v) is 15.0. The minimum Gasteiger partial charge on any atom is -0.339 e. The number of thioether (sulfide) groups is 1. The Morgan fingerprint density at radius 1 is 1.16 bits per heavy atom. The summed E-state index contributed by atoms with van der Waals surface area (Å²) in [5.74, 6) is 1.86. The highest BCUT2D eigenvalue weighted by Crippen LogP contribution is 2.23. The van der Waals surface area contributed by atoms with Crippen LogP contribution in [0.2, 0.25) is 0 Å². The SMILES string of the molecule is Cn1c(CSc2ccc(C(=O)N3CCCC3)cn2)nc2ccccc21. The fourth-order valence-corrected chi connectivity index (χ4v) is 3.98. The third kappa shape index (κ3) is 3.26. The second-order valence-electron chi connectivity index (χ2n) is 6.25. The number of hydrogen-bond donors (Lipinski definition) is 0. The van der Waals surface area contributed by atoms with Crippen molar-refractivity contribution in [2.75, 3.05) is 13.1 Å². The maximum Gasteiger partial charge on any atom is 0.255 e. The van der Waals surface area contributed by atoms with Crippen LogP contribution in [0.3, 0.4) is 0 Å². The quantitative estimate of drug-likeness (QED) is 0.675. The lowest BCUT2D eigenvalue weighted by Crippen LogP contribution is -2.27. The topological polar surface area (TPSA) is 51.0 Å². The van der Waals surface area contributed by atoms with Crippen LogP contribution in [-0.2, 0) is 12.8 Å². The first-order chi connectivity index (χ1) is 12.2. The lowest BCUT2D eigenvalue weighted by Gasteiger charge is -2.14. The van der Waals surface area contributed by atoms with Crippen LogP contribution in [0, 0.1) is 0 Å². The average Bonchev–Trinajstić information content (AvgIpc) is 3.29. The van der Waals surface area contributed by atoms with Gasteiger partial charge in [0.2, 0.25) is 0 Å². The van der Waals surface area contributed by atoms with Gasteiger partial charge in [-0.25, -0.2) is 9.97 Å². The van der Waals surface area contributed by atoms with E-state index >= 15 is 0 Å². The van der Waals surface area contributed by atoms with E-state index in [0.29, 0.717) is 5.56 Å². The third-order valence-corrected chi connectivity index (χ3v) is 5.55. The number of benzene rings is 1. The molecule has 0 unspecified atom stereocenters. The van der Waals surface area contributed by atoms with Gasteiger partial charge in [0.1, 0.15) is 5.82 Å². The molecule has 2 aromatic heterocycles. The lowest BCUT2D eigenvalue weighted by molar-refractivity contribution is 0.0792. The van der Waals surface area contributed by atoms with Crippen molar-refractivity contribution in [1.29, 1.82) is 0 Å². The second kappa shape index (κ2) is 6.88.